The molecule has 2 atom stereocenters. The van der Waals surface area contributed by atoms with Crippen molar-refractivity contribution in [3.8, 4) is 0 Å². The third kappa shape index (κ3) is 3.13. The molecule has 0 saturated heterocycles. The van der Waals surface area contributed by atoms with Gasteiger partial charge < -0.3 is 5.73 Å². The summed E-state index contributed by atoms with van der Waals surface area (Å²) in [7, 11) is -3.51. The molecule has 0 amide bonds. The van der Waals surface area contributed by atoms with E-state index in [0.29, 0.717) is 9.88 Å². The SMILES string of the molecule is Cc1ccccc1S(=O)(=O)NC1CCCC1C(N)=S. The summed E-state index contributed by atoms with van der Waals surface area (Å²) in [5.41, 5.74) is 6.41. The molecular weight excluding hydrogens is 280 g/mol. The van der Waals surface area contributed by atoms with Crippen LogP contribution < -0.4 is 10.5 Å². The Kier molecular flexibility index (Phi) is 4.23. The van der Waals surface area contributed by atoms with Crippen LogP contribution in [0.25, 0.3) is 0 Å². The van der Waals surface area contributed by atoms with Gasteiger partial charge in [-0.1, -0.05) is 36.8 Å². The summed E-state index contributed by atoms with van der Waals surface area (Å²) in [5, 5.41) is 0. The zero-order chi connectivity index (χ0) is 14.0. The highest BCUT2D eigenvalue weighted by atomic mass is 32.2. The van der Waals surface area contributed by atoms with E-state index < -0.39 is 10.0 Å². The molecule has 0 heterocycles. The van der Waals surface area contributed by atoms with Gasteiger partial charge in [0.05, 0.1) is 9.88 Å². The normalized spacial score (nSPS) is 23.4. The molecule has 1 fully saturated rings. The summed E-state index contributed by atoms with van der Waals surface area (Å²) in [4.78, 5) is 0.721. The van der Waals surface area contributed by atoms with Crippen LogP contribution in [0.2, 0.25) is 0 Å². The minimum Gasteiger partial charge on any atom is -0.393 e. The van der Waals surface area contributed by atoms with Crippen molar-refractivity contribution in [3.05, 3.63) is 29.8 Å². The number of benzene rings is 1. The van der Waals surface area contributed by atoms with E-state index in [1.165, 1.54) is 0 Å². The van der Waals surface area contributed by atoms with Gasteiger partial charge in [0.15, 0.2) is 0 Å². The lowest BCUT2D eigenvalue weighted by Crippen LogP contribution is -2.41. The Bertz CT molecular complexity index is 584. The van der Waals surface area contributed by atoms with Crippen molar-refractivity contribution in [1.82, 2.24) is 4.72 Å². The lowest BCUT2D eigenvalue weighted by atomic mass is 10.1. The van der Waals surface area contributed by atoms with E-state index in [1.54, 1.807) is 25.1 Å². The number of aryl methyl sites for hydroxylation is 1. The van der Waals surface area contributed by atoms with Crippen molar-refractivity contribution < 1.29 is 8.42 Å². The number of nitrogens with one attached hydrogen (secondary N) is 1. The van der Waals surface area contributed by atoms with E-state index in [4.69, 9.17) is 18.0 Å². The van der Waals surface area contributed by atoms with Gasteiger partial charge in [-0.05, 0) is 31.4 Å². The van der Waals surface area contributed by atoms with Gasteiger partial charge in [0, 0.05) is 12.0 Å². The third-order valence-corrected chi connectivity index (χ3v) is 5.52. The van der Waals surface area contributed by atoms with Crippen LogP contribution in [-0.4, -0.2) is 19.4 Å². The summed E-state index contributed by atoms with van der Waals surface area (Å²) in [6.07, 6.45) is 2.59. The zero-order valence-electron chi connectivity index (χ0n) is 10.8. The van der Waals surface area contributed by atoms with Crippen molar-refractivity contribution >= 4 is 27.2 Å². The standard InChI is InChI=1S/C13H18N2O2S2/c1-9-5-2-3-8-12(9)19(16,17)15-11-7-4-6-10(11)13(14)18/h2-3,5,8,10-11,15H,4,6-7H2,1H3,(H2,14,18). The van der Waals surface area contributed by atoms with Crippen molar-refractivity contribution in [2.75, 3.05) is 0 Å². The van der Waals surface area contributed by atoms with Gasteiger partial charge in [-0.2, -0.15) is 0 Å². The molecule has 0 bridgehead atoms. The first-order valence-corrected chi connectivity index (χ1v) is 8.18. The molecule has 3 N–H and O–H groups in total. The van der Waals surface area contributed by atoms with Crippen molar-refractivity contribution in [3.63, 3.8) is 0 Å². The van der Waals surface area contributed by atoms with E-state index in [1.807, 2.05) is 6.07 Å². The predicted molar refractivity (Wildman–Crippen MR) is 79.4 cm³/mol. The second kappa shape index (κ2) is 5.56. The first-order valence-electron chi connectivity index (χ1n) is 6.29. The number of hydrogen-bond acceptors (Lipinski definition) is 3. The van der Waals surface area contributed by atoms with Gasteiger partial charge >= 0.3 is 0 Å². The van der Waals surface area contributed by atoms with Crippen LogP contribution in [0.1, 0.15) is 24.8 Å². The highest BCUT2D eigenvalue weighted by Crippen LogP contribution is 2.27. The third-order valence-electron chi connectivity index (χ3n) is 3.57. The Labute approximate surface area is 119 Å². The Morgan fingerprint density at radius 1 is 1.37 bits per heavy atom. The highest BCUT2D eigenvalue weighted by molar-refractivity contribution is 7.89. The molecule has 1 aliphatic carbocycles. The molecule has 0 aliphatic heterocycles. The van der Waals surface area contributed by atoms with Crippen LogP contribution in [0, 0.1) is 12.8 Å². The van der Waals surface area contributed by atoms with E-state index in [2.05, 4.69) is 4.72 Å². The average Bonchev–Trinajstić information content (AvgIpc) is 2.76. The molecule has 19 heavy (non-hydrogen) atoms. The summed E-state index contributed by atoms with van der Waals surface area (Å²) >= 11 is 5.01. The zero-order valence-corrected chi connectivity index (χ0v) is 12.4. The first-order chi connectivity index (χ1) is 8.92. The van der Waals surface area contributed by atoms with Crippen LogP contribution in [0.5, 0.6) is 0 Å². The van der Waals surface area contributed by atoms with Crippen LogP contribution in [0.4, 0.5) is 0 Å². The number of sulfonamides is 1. The molecule has 0 radical (unpaired) electrons. The maximum atomic E-state index is 12.4. The molecule has 0 aromatic heterocycles. The van der Waals surface area contributed by atoms with Gasteiger partial charge in [0.25, 0.3) is 0 Å². The van der Waals surface area contributed by atoms with E-state index in [-0.39, 0.29) is 12.0 Å². The van der Waals surface area contributed by atoms with Gasteiger partial charge in [-0.15, -0.1) is 0 Å². The highest BCUT2D eigenvalue weighted by Gasteiger charge is 2.33. The summed E-state index contributed by atoms with van der Waals surface area (Å²) in [6, 6.07) is 6.77. The van der Waals surface area contributed by atoms with E-state index >= 15 is 0 Å². The molecular formula is C13H18N2O2S2. The molecule has 1 aromatic carbocycles. The second-order valence-electron chi connectivity index (χ2n) is 4.93. The number of hydrogen-bond donors (Lipinski definition) is 2. The molecule has 104 valence electrons. The molecule has 1 saturated carbocycles. The molecule has 1 aliphatic rings. The monoisotopic (exact) mass is 298 g/mol. The Morgan fingerprint density at radius 2 is 2.05 bits per heavy atom. The van der Waals surface area contributed by atoms with E-state index in [0.717, 1.165) is 24.8 Å². The molecule has 6 heteroatoms. The van der Waals surface area contributed by atoms with Gasteiger partial charge in [0.1, 0.15) is 0 Å². The van der Waals surface area contributed by atoms with Gasteiger partial charge in [-0.25, -0.2) is 13.1 Å². The fourth-order valence-corrected chi connectivity index (χ4v) is 4.40. The molecule has 4 nitrogen and oxygen atoms in total. The number of rotatable bonds is 4. The van der Waals surface area contributed by atoms with Crippen LogP contribution in [-0.2, 0) is 10.0 Å². The Balaban J connectivity index is 2.23. The fraction of sp³-hybridized carbons (Fsp3) is 0.462. The predicted octanol–water partition coefficient (Wildman–Crippen LogP) is 1.73. The first kappa shape index (κ1) is 14.4. The summed E-state index contributed by atoms with van der Waals surface area (Å²) < 4.78 is 27.5. The summed E-state index contributed by atoms with van der Waals surface area (Å²) in [6.45, 7) is 1.79. The number of thiocarbonyl (C=S) groups is 1. The van der Waals surface area contributed by atoms with Crippen LogP contribution >= 0.6 is 12.2 Å². The molecule has 2 unspecified atom stereocenters. The summed E-state index contributed by atoms with van der Waals surface area (Å²) in [5.74, 6) is -0.0335. The molecule has 0 spiro atoms. The minimum atomic E-state index is -3.51. The lowest BCUT2D eigenvalue weighted by Gasteiger charge is -2.20. The van der Waals surface area contributed by atoms with Crippen molar-refractivity contribution in [1.29, 1.82) is 0 Å². The number of nitrogens with two attached hydrogens (primary N) is 1. The van der Waals surface area contributed by atoms with Crippen molar-refractivity contribution in [2.45, 2.75) is 37.1 Å². The maximum absolute atomic E-state index is 12.4. The average molecular weight is 298 g/mol. The lowest BCUT2D eigenvalue weighted by molar-refractivity contribution is 0.524. The largest absolute Gasteiger partial charge is 0.393 e. The fourth-order valence-electron chi connectivity index (χ4n) is 2.56. The van der Waals surface area contributed by atoms with Crippen molar-refractivity contribution in [2.24, 2.45) is 11.7 Å². The Morgan fingerprint density at radius 3 is 2.68 bits per heavy atom. The Hall–Kier alpha value is -0.980. The molecule has 2 rings (SSSR count). The van der Waals surface area contributed by atoms with Crippen LogP contribution in [0.15, 0.2) is 29.2 Å². The topological polar surface area (TPSA) is 72.2 Å². The van der Waals surface area contributed by atoms with Gasteiger partial charge in [-0.3, -0.25) is 0 Å². The molecule has 1 aromatic rings. The maximum Gasteiger partial charge on any atom is 0.241 e. The quantitative estimate of drug-likeness (QED) is 0.830. The minimum absolute atomic E-state index is 0.0335. The van der Waals surface area contributed by atoms with E-state index in [9.17, 15) is 8.42 Å². The van der Waals surface area contributed by atoms with Crippen LogP contribution in [0.3, 0.4) is 0 Å². The van der Waals surface area contributed by atoms with Gasteiger partial charge in [0.2, 0.25) is 10.0 Å². The smallest absolute Gasteiger partial charge is 0.241 e. The second-order valence-corrected chi connectivity index (χ2v) is 7.09.